The second kappa shape index (κ2) is 10.0. The van der Waals surface area contributed by atoms with Crippen LogP contribution in [0.5, 0.6) is 5.75 Å². The van der Waals surface area contributed by atoms with Crippen LogP contribution < -0.4 is 15.0 Å². The second-order valence-electron chi connectivity index (χ2n) is 7.49. The molecule has 0 bridgehead atoms. The minimum Gasteiger partial charge on any atom is -0.495 e. The first-order valence-corrected chi connectivity index (χ1v) is 10.7. The second-order valence-corrected chi connectivity index (χ2v) is 7.49. The molecule has 7 heteroatoms. The molecule has 2 aromatic carbocycles. The van der Waals surface area contributed by atoms with Gasteiger partial charge in [-0.25, -0.2) is 4.68 Å². The maximum atomic E-state index is 5.52. The summed E-state index contributed by atoms with van der Waals surface area (Å²) in [5, 5.41) is 7.79. The first-order valence-electron chi connectivity index (χ1n) is 10.7. The number of methoxy groups -OCH3 is 1. The molecule has 1 fully saturated rings. The van der Waals surface area contributed by atoms with E-state index in [1.54, 1.807) is 13.3 Å². The molecular weight excluding hydrogens is 388 g/mol. The molecule has 0 amide bonds. The van der Waals surface area contributed by atoms with Gasteiger partial charge in [0, 0.05) is 52.2 Å². The van der Waals surface area contributed by atoms with E-state index in [2.05, 4.69) is 61.6 Å². The topological polar surface area (TPSA) is 57.9 Å². The normalized spacial score (nSPS) is 14.6. The van der Waals surface area contributed by atoms with Crippen LogP contribution in [0, 0.1) is 0 Å². The molecule has 1 aliphatic heterocycles. The van der Waals surface area contributed by atoms with Crippen molar-refractivity contribution in [1.82, 2.24) is 20.0 Å². The van der Waals surface area contributed by atoms with E-state index in [0.29, 0.717) is 0 Å². The standard InChI is InChI=1S/C24H30N6O/c1-25-24(26-14-12-20-8-10-21(11-9-20)30-15-5-13-27-30)29-18-16-28(17-19-29)22-6-3-4-7-23(22)31-2/h3-11,13,15H,12,14,16-19H2,1-2H3,(H,25,26). The Morgan fingerprint density at radius 1 is 1.03 bits per heavy atom. The van der Waals surface area contributed by atoms with Gasteiger partial charge in [-0.1, -0.05) is 24.3 Å². The van der Waals surface area contributed by atoms with Gasteiger partial charge in [0.1, 0.15) is 5.75 Å². The van der Waals surface area contributed by atoms with Gasteiger partial charge in [0.05, 0.1) is 18.5 Å². The predicted molar refractivity (Wildman–Crippen MR) is 125 cm³/mol. The minimum atomic E-state index is 0.848. The number of anilines is 1. The van der Waals surface area contributed by atoms with Crippen molar-refractivity contribution >= 4 is 11.6 Å². The summed E-state index contributed by atoms with van der Waals surface area (Å²) in [6.07, 6.45) is 4.69. The zero-order chi connectivity index (χ0) is 21.5. The molecule has 3 aromatic rings. The summed E-state index contributed by atoms with van der Waals surface area (Å²) < 4.78 is 7.39. The maximum Gasteiger partial charge on any atom is 0.193 e. The van der Waals surface area contributed by atoms with E-state index in [1.165, 1.54) is 5.56 Å². The summed E-state index contributed by atoms with van der Waals surface area (Å²) in [7, 11) is 3.58. The number of nitrogens with zero attached hydrogens (tertiary/aromatic N) is 5. The van der Waals surface area contributed by atoms with Crippen LogP contribution >= 0.6 is 0 Å². The van der Waals surface area contributed by atoms with Crippen LogP contribution in [0.25, 0.3) is 5.69 Å². The van der Waals surface area contributed by atoms with E-state index in [0.717, 1.165) is 62.2 Å². The number of benzene rings is 2. The van der Waals surface area contributed by atoms with Crippen LogP contribution in [0.4, 0.5) is 5.69 Å². The number of aliphatic imine (C=N–C) groups is 1. The first-order chi connectivity index (χ1) is 15.3. The highest BCUT2D eigenvalue weighted by Gasteiger charge is 2.21. The van der Waals surface area contributed by atoms with Gasteiger partial charge < -0.3 is 19.9 Å². The summed E-state index contributed by atoms with van der Waals surface area (Å²) >= 11 is 0. The molecule has 1 aliphatic rings. The van der Waals surface area contributed by atoms with Crippen LogP contribution in [0.3, 0.4) is 0 Å². The largest absolute Gasteiger partial charge is 0.495 e. The molecule has 4 rings (SSSR count). The Morgan fingerprint density at radius 2 is 1.81 bits per heavy atom. The zero-order valence-corrected chi connectivity index (χ0v) is 18.2. The Kier molecular flexibility index (Phi) is 6.72. The van der Waals surface area contributed by atoms with Crippen LogP contribution in [0.15, 0.2) is 72.0 Å². The van der Waals surface area contributed by atoms with Crippen molar-refractivity contribution in [2.75, 3.05) is 51.8 Å². The lowest BCUT2D eigenvalue weighted by atomic mass is 10.1. The minimum absolute atomic E-state index is 0.848. The van der Waals surface area contributed by atoms with Crippen molar-refractivity contribution < 1.29 is 4.74 Å². The van der Waals surface area contributed by atoms with Gasteiger partial charge in [0.25, 0.3) is 0 Å². The predicted octanol–water partition coefficient (Wildman–Crippen LogP) is 2.82. The van der Waals surface area contributed by atoms with Gasteiger partial charge in [0.15, 0.2) is 5.96 Å². The molecule has 7 nitrogen and oxygen atoms in total. The van der Waals surface area contributed by atoms with Gasteiger partial charge in [-0.3, -0.25) is 4.99 Å². The fourth-order valence-corrected chi connectivity index (χ4v) is 3.94. The molecule has 0 unspecified atom stereocenters. The Labute approximate surface area is 184 Å². The molecule has 1 N–H and O–H groups in total. The van der Waals surface area contributed by atoms with Gasteiger partial charge >= 0.3 is 0 Å². The number of ether oxygens (including phenoxy) is 1. The summed E-state index contributed by atoms with van der Waals surface area (Å²) in [5.41, 5.74) is 3.52. The number of hydrogen-bond acceptors (Lipinski definition) is 4. The number of para-hydroxylation sites is 2. The van der Waals surface area contributed by atoms with Gasteiger partial charge in [-0.2, -0.15) is 5.10 Å². The molecule has 31 heavy (non-hydrogen) atoms. The van der Waals surface area contributed by atoms with E-state index >= 15 is 0 Å². The lowest BCUT2D eigenvalue weighted by molar-refractivity contribution is 0.367. The quantitative estimate of drug-likeness (QED) is 0.493. The summed E-state index contributed by atoms with van der Waals surface area (Å²) in [4.78, 5) is 9.20. The maximum absolute atomic E-state index is 5.52. The fourth-order valence-electron chi connectivity index (χ4n) is 3.94. The van der Waals surface area contributed by atoms with Crippen molar-refractivity contribution in [3.05, 3.63) is 72.6 Å². The first kappa shape index (κ1) is 20.8. The van der Waals surface area contributed by atoms with E-state index in [1.807, 2.05) is 36.1 Å². The molecule has 0 atom stereocenters. The summed E-state index contributed by atoms with van der Waals surface area (Å²) in [6, 6.07) is 18.7. The Bertz CT molecular complexity index is 976. The third-order valence-electron chi connectivity index (χ3n) is 5.62. The molecule has 0 saturated carbocycles. The smallest absolute Gasteiger partial charge is 0.193 e. The number of piperazine rings is 1. The number of hydrogen-bond donors (Lipinski definition) is 1. The van der Waals surface area contributed by atoms with E-state index < -0.39 is 0 Å². The highest BCUT2D eigenvalue weighted by atomic mass is 16.5. The number of aromatic nitrogens is 2. The zero-order valence-electron chi connectivity index (χ0n) is 18.2. The highest BCUT2D eigenvalue weighted by molar-refractivity contribution is 5.80. The molecule has 162 valence electrons. The SMILES string of the molecule is CN=C(NCCc1ccc(-n2cccn2)cc1)N1CCN(c2ccccc2OC)CC1. The molecular formula is C24H30N6O. The van der Waals surface area contributed by atoms with Gasteiger partial charge in [-0.05, 0) is 42.3 Å². The lowest BCUT2D eigenvalue weighted by Gasteiger charge is -2.38. The average molecular weight is 419 g/mol. The van der Waals surface area contributed by atoms with Crippen molar-refractivity contribution in [1.29, 1.82) is 0 Å². The van der Waals surface area contributed by atoms with Crippen molar-refractivity contribution in [2.45, 2.75) is 6.42 Å². The monoisotopic (exact) mass is 418 g/mol. The fraction of sp³-hybridized carbons (Fsp3) is 0.333. The highest BCUT2D eigenvalue weighted by Crippen LogP contribution is 2.28. The number of guanidine groups is 1. The molecule has 0 aliphatic carbocycles. The van der Waals surface area contributed by atoms with Crippen LogP contribution in [0.2, 0.25) is 0 Å². The van der Waals surface area contributed by atoms with Crippen molar-refractivity contribution in [2.24, 2.45) is 4.99 Å². The summed E-state index contributed by atoms with van der Waals surface area (Å²) in [5.74, 6) is 1.89. The van der Waals surface area contributed by atoms with Crippen molar-refractivity contribution in [3.63, 3.8) is 0 Å². The van der Waals surface area contributed by atoms with Crippen LogP contribution in [0.1, 0.15) is 5.56 Å². The van der Waals surface area contributed by atoms with E-state index in [-0.39, 0.29) is 0 Å². The van der Waals surface area contributed by atoms with Gasteiger partial charge in [-0.15, -0.1) is 0 Å². The molecule has 1 saturated heterocycles. The van der Waals surface area contributed by atoms with Crippen LogP contribution in [-0.2, 0) is 6.42 Å². The van der Waals surface area contributed by atoms with Crippen LogP contribution in [-0.4, -0.2) is 67.5 Å². The number of nitrogens with one attached hydrogen (secondary N) is 1. The van der Waals surface area contributed by atoms with Crippen molar-refractivity contribution in [3.8, 4) is 11.4 Å². The molecule has 1 aromatic heterocycles. The third-order valence-corrected chi connectivity index (χ3v) is 5.62. The molecule has 0 radical (unpaired) electrons. The average Bonchev–Trinajstić information content (AvgIpc) is 3.37. The number of rotatable bonds is 6. The van der Waals surface area contributed by atoms with Gasteiger partial charge in [0.2, 0.25) is 0 Å². The lowest BCUT2D eigenvalue weighted by Crippen LogP contribution is -2.52. The third kappa shape index (κ3) is 4.99. The summed E-state index contributed by atoms with van der Waals surface area (Å²) in [6.45, 7) is 4.58. The Balaban J connectivity index is 1.26. The van der Waals surface area contributed by atoms with E-state index in [9.17, 15) is 0 Å². The van der Waals surface area contributed by atoms with E-state index in [4.69, 9.17) is 4.74 Å². The Hall–Kier alpha value is -3.48. The molecule has 0 spiro atoms. The Morgan fingerprint density at radius 3 is 2.48 bits per heavy atom. The molecule has 2 heterocycles.